The van der Waals surface area contributed by atoms with Gasteiger partial charge in [-0.2, -0.15) is 5.10 Å². The number of carbonyl (C=O) groups excluding carboxylic acids is 1. The molecular formula is C13H15N3O2. The first-order valence-electron chi connectivity index (χ1n) is 6.08. The summed E-state index contributed by atoms with van der Waals surface area (Å²) < 4.78 is 0. The largest absolute Gasteiger partial charge is 0.386 e. The van der Waals surface area contributed by atoms with E-state index in [0.29, 0.717) is 25.2 Å². The molecule has 1 aliphatic heterocycles. The van der Waals surface area contributed by atoms with E-state index in [1.54, 1.807) is 4.90 Å². The second-order valence-electron chi connectivity index (χ2n) is 4.86. The SMILES string of the molecule is CCC1(O)CN(C(=O)c2n[nH]c3ccccc23)C1. The highest BCUT2D eigenvalue weighted by Gasteiger charge is 2.43. The Kier molecular flexibility index (Phi) is 2.38. The predicted octanol–water partition coefficient (Wildman–Crippen LogP) is 1.16. The average molecular weight is 245 g/mol. The molecule has 0 bridgehead atoms. The van der Waals surface area contributed by atoms with Gasteiger partial charge >= 0.3 is 0 Å². The van der Waals surface area contributed by atoms with Crippen LogP contribution in [0.25, 0.3) is 10.9 Å². The molecule has 1 saturated heterocycles. The Bertz CT molecular complexity index is 599. The number of carbonyl (C=O) groups is 1. The number of nitrogens with one attached hydrogen (secondary N) is 1. The molecule has 0 spiro atoms. The molecule has 94 valence electrons. The Morgan fingerprint density at radius 1 is 1.50 bits per heavy atom. The fourth-order valence-corrected chi connectivity index (χ4v) is 2.31. The van der Waals surface area contributed by atoms with Crippen molar-refractivity contribution < 1.29 is 9.90 Å². The molecule has 1 aromatic carbocycles. The smallest absolute Gasteiger partial charge is 0.275 e. The minimum absolute atomic E-state index is 0.120. The average Bonchev–Trinajstić information content (AvgIpc) is 2.78. The number of likely N-dealkylation sites (tertiary alicyclic amines) is 1. The van der Waals surface area contributed by atoms with Gasteiger partial charge in [-0.1, -0.05) is 25.1 Å². The molecule has 1 amide bonds. The standard InChI is InChI=1S/C13H15N3O2/c1-2-13(18)7-16(8-13)12(17)11-9-5-3-4-6-10(9)14-15-11/h3-6,18H,2,7-8H2,1H3,(H,14,15). The molecule has 1 aliphatic rings. The maximum absolute atomic E-state index is 12.2. The van der Waals surface area contributed by atoms with E-state index in [1.807, 2.05) is 31.2 Å². The number of β-amino-alcohol motifs (C(OH)–C–C–N with tert-alkyl or cyclic N) is 1. The van der Waals surface area contributed by atoms with Crippen molar-refractivity contribution in [2.75, 3.05) is 13.1 Å². The molecule has 18 heavy (non-hydrogen) atoms. The van der Waals surface area contributed by atoms with Crippen LogP contribution in [0.5, 0.6) is 0 Å². The summed E-state index contributed by atoms with van der Waals surface area (Å²) in [6.45, 7) is 2.71. The van der Waals surface area contributed by atoms with Crippen LogP contribution in [-0.4, -0.2) is 44.8 Å². The number of aromatic nitrogens is 2. The molecule has 3 rings (SSSR count). The highest BCUT2D eigenvalue weighted by molar-refractivity contribution is 6.04. The van der Waals surface area contributed by atoms with Crippen molar-refractivity contribution in [3.8, 4) is 0 Å². The number of rotatable bonds is 2. The number of aromatic amines is 1. The van der Waals surface area contributed by atoms with Crippen LogP contribution >= 0.6 is 0 Å². The lowest BCUT2D eigenvalue weighted by Crippen LogP contribution is -2.63. The number of aliphatic hydroxyl groups is 1. The maximum atomic E-state index is 12.2. The van der Waals surface area contributed by atoms with Crippen LogP contribution in [0.15, 0.2) is 24.3 Å². The highest BCUT2D eigenvalue weighted by Crippen LogP contribution is 2.27. The Hall–Kier alpha value is -1.88. The molecule has 0 saturated carbocycles. The third-order valence-corrected chi connectivity index (χ3v) is 3.59. The number of hydrogen-bond donors (Lipinski definition) is 2. The number of amides is 1. The fraction of sp³-hybridized carbons (Fsp3) is 0.385. The topological polar surface area (TPSA) is 69.2 Å². The summed E-state index contributed by atoms with van der Waals surface area (Å²) in [4.78, 5) is 13.9. The summed E-state index contributed by atoms with van der Waals surface area (Å²) in [7, 11) is 0. The van der Waals surface area contributed by atoms with Crippen molar-refractivity contribution in [3.63, 3.8) is 0 Å². The zero-order chi connectivity index (χ0) is 12.8. The Morgan fingerprint density at radius 2 is 2.22 bits per heavy atom. The predicted molar refractivity (Wildman–Crippen MR) is 67.2 cm³/mol. The number of hydrogen-bond acceptors (Lipinski definition) is 3. The summed E-state index contributed by atoms with van der Waals surface area (Å²) in [6, 6.07) is 7.54. The van der Waals surface area contributed by atoms with E-state index in [9.17, 15) is 9.90 Å². The first kappa shape index (κ1) is 11.2. The number of benzene rings is 1. The summed E-state index contributed by atoms with van der Waals surface area (Å²) in [5.41, 5.74) is 0.581. The van der Waals surface area contributed by atoms with Gasteiger partial charge in [0.2, 0.25) is 0 Å². The van der Waals surface area contributed by atoms with Gasteiger partial charge in [-0.3, -0.25) is 9.89 Å². The maximum Gasteiger partial charge on any atom is 0.275 e. The number of para-hydroxylation sites is 1. The van der Waals surface area contributed by atoms with Gasteiger partial charge in [0.15, 0.2) is 5.69 Å². The normalized spacial score (nSPS) is 17.8. The summed E-state index contributed by atoms with van der Waals surface area (Å²) in [6.07, 6.45) is 0.665. The van der Waals surface area contributed by atoms with Crippen LogP contribution in [0.1, 0.15) is 23.8 Å². The van der Waals surface area contributed by atoms with Gasteiger partial charge in [0.25, 0.3) is 5.91 Å². The first-order chi connectivity index (χ1) is 8.63. The third kappa shape index (κ3) is 1.59. The molecule has 2 N–H and O–H groups in total. The van der Waals surface area contributed by atoms with Crippen LogP contribution in [0.4, 0.5) is 0 Å². The van der Waals surface area contributed by atoms with E-state index in [1.165, 1.54) is 0 Å². The van der Waals surface area contributed by atoms with Gasteiger partial charge in [0.05, 0.1) is 24.2 Å². The minimum atomic E-state index is -0.707. The summed E-state index contributed by atoms with van der Waals surface area (Å²) >= 11 is 0. The molecule has 2 aromatic rings. The van der Waals surface area contributed by atoms with Crippen LogP contribution < -0.4 is 0 Å². The van der Waals surface area contributed by atoms with Crippen molar-refractivity contribution in [1.29, 1.82) is 0 Å². The fourth-order valence-electron chi connectivity index (χ4n) is 2.31. The van der Waals surface area contributed by atoms with E-state index in [-0.39, 0.29) is 5.91 Å². The Labute approximate surface area is 104 Å². The van der Waals surface area contributed by atoms with Crippen LogP contribution in [0.2, 0.25) is 0 Å². The van der Waals surface area contributed by atoms with E-state index >= 15 is 0 Å². The summed E-state index contributed by atoms with van der Waals surface area (Å²) in [5.74, 6) is -0.120. The quantitative estimate of drug-likeness (QED) is 0.834. The zero-order valence-corrected chi connectivity index (χ0v) is 10.2. The Balaban J connectivity index is 1.86. The van der Waals surface area contributed by atoms with Crippen molar-refractivity contribution >= 4 is 16.8 Å². The van der Waals surface area contributed by atoms with Crippen LogP contribution in [0.3, 0.4) is 0 Å². The molecule has 2 heterocycles. The molecule has 0 atom stereocenters. The van der Waals surface area contributed by atoms with Crippen molar-refractivity contribution in [2.24, 2.45) is 0 Å². The molecule has 0 aliphatic carbocycles. The minimum Gasteiger partial charge on any atom is -0.386 e. The molecular weight excluding hydrogens is 230 g/mol. The first-order valence-corrected chi connectivity index (χ1v) is 6.08. The van der Waals surface area contributed by atoms with Crippen molar-refractivity contribution in [2.45, 2.75) is 18.9 Å². The van der Waals surface area contributed by atoms with Gasteiger partial charge in [-0.25, -0.2) is 0 Å². The van der Waals surface area contributed by atoms with Gasteiger partial charge in [-0.05, 0) is 12.5 Å². The number of H-pyrrole nitrogens is 1. The second kappa shape index (κ2) is 3.81. The lowest BCUT2D eigenvalue weighted by Gasteiger charge is -2.45. The van der Waals surface area contributed by atoms with Crippen molar-refractivity contribution in [3.05, 3.63) is 30.0 Å². The number of fused-ring (bicyclic) bond motifs is 1. The van der Waals surface area contributed by atoms with Gasteiger partial charge in [0.1, 0.15) is 0 Å². The third-order valence-electron chi connectivity index (χ3n) is 3.59. The van der Waals surface area contributed by atoms with Crippen LogP contribution in [-0.2, 0) is 0 Å². The lowest BCUT2D eigenvalue weighted by molar-refractivity contribution is -0.0827. The molecule has 5 heteroatoms. The van der Waals surface area contributed by atoms with Crippen molar-refractivity contribution in [1.82, 2.24) is 15.1 Å². The molecule has 0 radical (unpaired) electrons. The van der Waals surface area contributed by atoms with E-state index in [2.05, 4.69) is 10.2 Å². The molecule has 5 nitrogen and oxygen atoms in total. The molecule has 1 fully saturated rings. The highest BCUT2D eigenvalue weighted by atomic mass is 16.3. The van der Waals surface area contributed by atoms with Gasteiger partial charge in [0, 0.05) is 5.39 Å². The lowest BCUT2D eigenvalue weighted by atomic mass is 9.91. The summed E-state index contributed by atoms with van der Waals surface area (Å²) in [5, 5.41) is 17.7. The van der Waals surface area contributed by atoms with E-state index in [0.717, 1.165) is 10.9 Å². The number of nitrogens with zero attached hydrogens (tertiary/aromatic N) is 2. The van der Waals surface area contributed by atoms with Gasteiger partial charge in [-0.15, -0.1) is 0 Å². The second-order valence-corrected chi connectivity index (χ2v) is 4.86. The zero-order valence-electron chi connectivity index (χ0n) is 10.2. The van der Waals surface area contributed by atoms with E-state index in [4.69, 9.17) is 0 Å². The molecule has 0 unspecified atom stereocenters. The van der Waals surface area contributed by atoms with E-state index < -0.39 is 5.60 Å². The van der Waals surface area contributed by atoms with Gasteiger partial charge < -0.3 is 10.0 Å². The van der Waals surface area contributed by atoms with Crippen LogP contribution in [0, 0.1) is 0 Å². The Morgan fingerprint density at radius 3 is 2.94 bits per heavy atom. The molecule has 1 aromatic heterocycles. The monoisotopic (exact) mass is 245 g/mol.